The first-order chi connectivity index (χ1) is 14.3. The highest BCUT2D eigenvalue weighted by Gasteiger charge is 2.40. The van der Waals surface area contributed by atoms with E-state index in [1.165, 1.54) is 6.07 Å². The summed E-state index contributed by atoms with van der Waals surface area (Å²) in [7, 11) is 0. The summed E-state index contributed by atoms with van der Waals surface area (Å²) in [6, 6.07) is 10.2. The molecule has 0 aliphatic heterocycles. The van der Waals surface area contributed by atoms with Gasteiger partial charge in [-0.2, -0.15) is 13.2 Å². The molecule has 2 saturated carbocycles. The number of carbonyl (C=O) groups excluding carboxylic acids is 1. The summed E-state index contributed by atoms with van der Waals surface area (Å²) in [5.41, 5.74) is 1.48. The fourth-order valence-corrected chi connectivity index (χ4v) is 4.39. The Hall–Kier alpha value is -2.12. The molecule has 1 heterocycles. The summed E-state index contributed by atoms with van der Waals surface area (Å²) in [4.78, 5) is 15.6. The SMILES string of the molecule is CC(=O)NC1CCC(NC2CC2c2ccc(-c3cccc(C(F)(F)F)c3)nc2)CC1.Cl. The second-order valence-electron chi connectivity index (χ2n) is 8.42. The van der Waals surface area contributed by atoms with Crippen LogP contribution in [-0.2, 0) is 11.0 Å². The molecule has 0 saturated heterocycles. The molecule has 2 N–H and O–H groups in total. The normalized spacial score (nSPS) is 25.4. The molecule has 0 radical (unpaired) electrons. The van der Waals surface area contributed by atoms with E-state index in [2.05, 4.69) is 15.6 Å². The second kappa shape index (κ2) is 9.57. The topological polar surface area (TPSA) is 54.0 Å². The number of amides is 1. The Kier molecular flexibility index (Phi) is 7.27. The van der Waals surface area contributed by atoms with Gasteiger partial charge in [-0.25, -0.2) is 0 Å². The highest BCUT2D eigenvalue weighted by Crippen LogP contribution is 2.42. The summed E-state index contributed by atoms with van der Waals surface area (Å²) in [6.45, 7) is 1.56. The summed E-state index contributed by atoms with van der Waals surface area (Å²) in [5.74, 6) is 0.441. The van der Waals surface area contributed by atoms with Crippen LogP contribution < -0.4 is 10.6 Å². The zero-order valence-electron chi connectivity index (χ0n) is 17.3. The van der Waals surface area contributed by atoms with Crippen LogP contribution in [0.25, 0.3) is 11.3 Å². The maximum atomic E-state index is 12.9. The fourth-order valence-electron chi connectivity index (χ4n) is 4.39. The van der Waals surface area contributed by atoms with Crippen LogP contribution in [-0.4, -0.2) is 29.0 Å². The molecule has 2 atom stereocenters. The van der Waals surface area contributed by atoms with Crippen molar-refractivity contribution in [3.63, 3.8) is 0 Å². The van der Waals surface area contributed by atoms with Crippen LogP contribution in [0.4, 0.5) is 13.2 Å². The molecule has 2 fully saturated rings. The second-order valence-corrected chi connectivity index (χ2v) is 8.42. The third-order valence-corrected chi connectivity index (χ3v) is 6.07. The standard InChI is InChI=1S/C23H26F3N3O.ClH/c1-14(30)28-18-6-8-19(9-7-18)29-22-12-20(22)16-5-10-21(27-13-16)15-3-2-4-17(11-15)23(24,25)26;/h2-5,10-11,13,18-20,22,29H,6-9,12H2,1H3,(H,28,30);1H. The highest BCUT2D eigenvalue weighted by molar-refractivity contribution is 5.85. The third kappa shape index (κ3) is 5.98. The van der Waals surface area contributed by atoms with Crippen molar-refractivity contribution in [2.75, 3.05) is 0 Å². The Bertz CT molecular complexity index is 896. The van der Waals surface area contributed by atoms with Crippen molar-refractivity contribution in [1.82, 2.24) is 15.6 Å². The minimum absolute atomic E-state index is 0. The summed E-state index contributed by atoms with van der Waals surface area (Å²) in [5, 5.41) is 6.72. The van der Waals surface area contributed by atoms with Crippen molar-refractivity contribution in [2.24, 2.45) is 0 Å². The Morgan fingerprint density at radius 3 is 2.39 bits per heavy atom. The number of benzene rings is 1. The van der Waals surface area contributed by atoms with E-state index in [4.69, 9.17) is 0 Å². The number of hydrogen-bond acceptors (Lipinski definition) is 3. The molecule has 1 amide bonds. The number of alkyl halides is 3. The van der Waals surface area contributed by atoms with Gasteiger partial charge >= 0.3 is 6.18 Å². The molecule has 0 bridgehead atoms. The van der Waals surface area contributed by atoms with E-state index in [1.54, 1.807) is 25.3 Å². The number of halogens is 4. The van der Waals surface area contributed by atoms with Crippen molar-refractivity contribution in [1.29, 1.82) is 0 Å². The third-order valence-electron chi connectivity index (χ3n) is 6.07. The van der Waals surface area contributed by atoms with Crippen LogP contribution in [0.15, 0.2) is 42.6 Å². The monoisotopic (exact) mass is 453 g/mol. The van der Waals surface area contributed by atoms with E-state index in [1.807, 2.05) is 6.07 Å². The van der Waals surface area contributed by atoms with Gasteiger partial charge in [0.2, 0.25) is 5.91 Å². The Labute approximate surface area is 186 Å². The molecular weight excluding hydrogens is 427 g/mol. The highest BCUT2D eigenvalue weighted by atomic mass is 35.5. The van der Waals surface area contributed by atoms with Crippen molar-refractivity contribution >= 4 is 18.3 Å². The first-order valence-corrected chi connectivity index (χ1v) is 10.5. The lowest BCUT2D eigenvalue weighted by Crippen LogP contribution is -2.42. The van der Waals surface area contributed by atoms with E-state index < -0.39 is 11.7 Å². The van der Waals surface area contributed by atoms with Crippen molar-refractivity contribution < 1.29 is 18.0 Å². The van der Waals surface area contributed by atoms with Crippen LogP contribution >= 0.6 is 12.4 Å². The van der Waals surface area contributed by atoms with Gasteiger partial charge in [0.25, 0.3) is 0 Å². The molecule has 2 aliphatic carbocycles. The first-order valence-electron chi connectivity index (χ1n) is 10.5. The van der Waals surface area contributed by atoms with E-state index in [-0.39, 0.29) is 18.3 Å². The number of nitrogens with zero attached hydrogens (tertiary/aromatic N) is 1. The Morgan fingerprint density at radius 1 is 1.06 bits per heavy atom. The number of hydrogen-bond donors (Lipinski definition) is 2. The van der Waals surface area contributed by atoms with Gasteiger partial charge in [0.1, 0.15) is 0 Å². The van der Waals surface area contributed by atoms with Gasteiger partial charge in [-0.1, -0.05) is 18.2 Å². The van der Waals surface area contributed by atoms with Gasteiger partial charge in [-0.3, -0.25) is 9.78 Å². The van der Waals surface area contributed by atoms with Gasteiger partial charge in [-0.05, 0) is 55.9 Å². The number of pyridine rings is 1. The average Bonchev–Trinajstić information content (AvgIpc) is 3.48. The number of aromatic nitrogens is 1. The largest absolute Gasteiger partial charge is 0.416 e. The zero-order chi connectivity index (χ0) is 21.3. The van der Waals surface area contributed by atoms with Gasteiger partial charge < -0.3 is 10.6 Å². The molecular formula is C23H27ClF3N3O. The number of nitrogens with one attached hydrogen (secondary N) is 2. The molecule has 168 valence electrons. The molecule has 8 heteroatoms. The lowest BCUT2D eigenvalue weighted by Gasteiger charge is -2.29. The van der Waals surface area contributed by atoms with Crippen LogP contribution in [0.2, 0.25) is 0 Å². The molecule has 0 spiro atoms. The Balaban J connectivity index is 0.00000272. The van der Waals surface area contributed by atoms with E-state index >= 15 is 0 Å². The van der Waals surface area contributed by atoms with Crippen molar-refractivity contribution in [3.05, 3.63) is 53.7 Å². The summed E-state index contributed by atoms with van der Waals surface area (Å²) < 4.78 is 38.8. The zero-order valence-corrected chi connectivity index (χ0v) is 18.1. The van der Waals surface area contributed by atoms with Crippen LogP contribution in [0.1, 0.15) is 56.1 Å². The molecule has 4 nitrogen and oxygen atoms in total. The maximum absolute atomic E-state index is 12.9. The van der Waals surface area contributed by atoms with Gasteiger partial charge in [-0.15, -0.1) is 12.4 Å². The fraction of sp³-hybridized carbons (Fsp3) is 0.478. The average molecular weight is 454 g/mol. The Morgan fingerprint density at radius 2 is 1.77 bits per heavy atom. The van der Waals surface area contributed by atoms with Gasteiger partial charge in [0, 0.05) is 42.7 Å². The minimum Gasteiger partial charge on any atom is -0.354 e. The predicted octanol–water partition coefficient (Wildman–Crippen LogP) is 5.08. The number of carbonyl (C=O) groups is 1. The number of rotatable bonds is 5. The molecule has 31 heavy (non-hydrogen) atoms. The van der Waals surface area contributed by atoms with Gasteiger partial charge in [0.15, 0.2) is 0 Å². The molecule has 1 aromatic carbocycles. The van der Waals surface area contributed by atoms with Crippen LogP contribution in [0.3, 0.4) is 0 Å². The molecule has 2 aromatic rings. The molecule has 1 aromatic heterocycles. The van der Waals surface area contributed by atoms with E-state index in [0.717, 1.165) is 49.8 Å². The minimum atomic E-state index is -4.36. The molecule has 2 aliphatic rings. The van der Waals surface area contributed by atoms with E-state index in [9.17, 15) is 18.0 Å². The smallest absolute Gasteiger partial charge is 0.354 e. The maximum Gasteiger partial charge on any atom is 0.416 e. The van der Waals surface area contributed by atoms with Crippen LogP contribution in [0, 0.1) is 0 Å². The van der Waals surface area contributed by atoms with Gasteiger partial charge in [0.05, 0.1) is 11.3 Å². The van der Waals surface area contributed by atoms with E-state index in [0.29, 0.717) is 35.3 Å². The lowest BCUT2D eigenvalue weighted by molar-refractivity contribution is -0.137. The predicted molar refractivity (Wildman–Crippen MR) is 116 cm³/mol. The molecule has 2 unspecified atom stereocenters. The molecule has 4 rings (SSSR count). The lowest BCUT2D eigenvalue weighted by atomic mass is 9.91. The summed E-state index contributed by atoms with van der Waals surface area (Å²) in [6.07, 6.45) is 2.60. The quantitative estimate of drug-likeness (QED) is 0.663. The summed E-state index contributed by atoms with van der Waals surface area (Å²) >= 11 is 0. The van der Waals surface area contributed by atoms with Crippen molar-refractivity contribution in [3.8, 4) is 11.3 Å². The van der Waals surface area contributed by atoms with Crippen LogP contribution in [0.5, 0.6) is 0 Å². The first kappa shape index (κ1) is 23.5. The van der Waals surface area contributed by atoms with Crippen molar-refractivity contribution in [2.45, 2.75) is 69.2 Å².